The standard InChI is InChI=1S/C12H15N3O/c1-2-9-15(12-13-7-8-14-12)10-5-3-4-6-11(10)16/h3-8,16H,2,9H2,1H3,(H,13,14). The molecule has 4 heteroatoms. The van der Waals surface area contributed by atoms with Crippen LogP contribution >= 0.6 is 0 Å². The summed E-state index contributed by atoms with van der Waals surface area (Å²) < 4.78 is 0. The molecule has 0 radical (unpaired) electrons. The van der Waals surface area contributed by atoms with Crippen LogP contribution in [0.2, 0.25) is 0 Å². The van der Waals surface area contributed by atoms with Crippen LogP contribution in [0.1, 0.15) is 13.3 Å². The van der Waals surface area contributed by atoms with E-state index in [1.807, 2.05) is 23.1 Å². The summed E-state index contributed by atoms with van der Waals surface area (Å²) in [4.78, 5) is 9.23. The minimum absolute atomic E-state index is 0.271. The van der Waals surface area contributed by atoms with Gasteiger partial charge in [0.15, 0.2) is 0 Å². The summed E-state index contributed by atoms with van der Waals surface area (Å²) in [6.45, 7) is 2.90. The zero-order valence-electron chi connectivity index (χ0n) is 9.22. The van der Waals surface area contributed by atoms with Crippen molar-refractivity contribution in [2.24, 2.45) is 0 Å². The van der Waals surface area contributed by atoms with E-state index in [1.165, 1.54) is 0 Å². The summed E-state index contributed by atoms with van der Waals surface area (Å²) in [6, 6.07) is 7.28. The lowest BCUT2D eigenvalue weighted by Gasteiger charge is -2.22. The van der Waals surface area contributed by atoms with E-state index in [-0.39, 0.29) is 5.75 Å². The lowest BCUT2D eigenvalue weighted by atomic mass is 10.2. The highest BCUT2D eigenvalue weighted by Gasteiger charge is 2.13. The van der Waals surface area contributed by atoms with E-state index in [4.69, 9.17) is 0 Å². The van der Waals surface area contributed by atoms with Crippen LogP contribution in [-0.4, -0.2) is 21.6 Å². The van der Waals surface area contributed by atoms with Gasteiger partial charge in [0.1, 0.15) is 5.75 Å². The predicted molar refractivity (Wildman–Crippen MR) is 64.0 cm³/mol. The van der Waals surface area contributed by atoms with Crippen molar-refractivity contribution in [2.75, 3.05) is 11.4 Å². The summed E-state index contributed by atoms with van der Waals surface area (Å²) in [5, 5.41) is 9.82. The van der Waals surface area contributed by atoms with Gasteiger partial charge >= 0.3 is 0 Å². The summed E-state index contributed by atoms with van der Waals surface area (Å²) in [5.74, 6) is 1.02. The molecule has 0 aliphatic carbocycles. The number of benzene rings is 1. The number of nitrogens with one attached hydrogen (secondary N) is 1. The van der Waals surface area contributed by atoms with Crippen molar-refractivity contribution in [2.45, 2.75) is 13.3 Å². The number of phenolic OH excluding ortho intramolecular Hbond substituents is 1. The quantitative estimate of drug-likeness (QED) is 0.827. The SMILES string of the molecule is CCCN(c1ncc[nH]1)c1ccccc1O. The topological polar surface area (TPSA) is 52.2 Å². The third-order valence-corrected chi connectivity index (χ3v) is 2.36. The van der Waals surface area contributed by atoms with Crippen LogP contribution in [0.5, 0.6) is 5.75 Å². The highest BCUT2D eigenvalue weighted by molar-refractivity contribution is 5.64. The highest BCUT2D eigenvalue weighted by Crippen LogP contribution is 2.30. The number of aromatic hydroxyl groups is 1. The van der Waals surface area contributed by atoms with Gasteiger partial charge < -0.3 is 15.0 Å². The number of aromatic nitrogens is 2. The van der Waals surface area contributed by atoms with Gasteiger partial charge in [-0.1, -0.05) is 19.1 Å². The number of aromatic amines is 1. The van der Waals surface area contributed by atoms with E-state index >= 15 is 0 Å². The Bertz CT molecular complexity index is 439. The minimum atomic E-state index is 0.271. The Kier molecular flexibility index (Phi) is 3.10. The Morgan fingerprint density at radius 2 is 2.19 bits per heavy atom. The van der Waals surface area contributed by atoms with Gasteiger partial charge in [0.25, 0.3) is 0 Å². The van der Waals surface area contributed by atoms with E-state index in [0.717, 1.165) is 24.6 Å². The molecule has 0 atom stereocenters. The molecule has 2 aromatic rings. The molecule has 16 heavy (non-hydrogen) atoms. The molecule has 0 amide bonds. The van der Waals surface area contributed by atoms with Crippen LogP contribution in [0, 0.1) is 0 Å². The molecule has 2 N–H and O–H groups in total. The summed E-state index contributed by atoms with van der Waals surface area (Å²) in [6.07, 6.45) is 4.46. The first-order valence-corrected chi connectivity index (χ1v) is 5.38. The number of hydrogen-bond donors (Lipinski definition) is 2. The molecule has 0 fully saturated rings. The van der Waals surface area contributed by atoms with E-state index < -0.39 is 0 Å². The minimum Gasteiger partial charge on any atom is -0.506 e. The molecule has 0 aliphatic heterocycles. The summed E-state index contributed by atoms with van der Waals surface area (Å²) in [7, 11) is 0. The van der Waals surface area contributed by atoms with Crippen LogP contribution in [0.4, 0.5) is 11.6 Å². The zero-order valence-corrected chi connectivity index (χ0v) is 9.22. The monoisotopic (exact) mass is 217 g/mol. The maximum absolute atomic E-state index is 9.82. The normalized spacial score (nSPS) is 10.3. The number of hydrogen-bond acceptors (Lipinski definition) is 3. The molecule has 84 valence electrons. The van der Waals surface area contributed by atoms with Crippen LogP contribution in [0.25, 0.3) is 0 Å². The maximum Gasteiger partial charge on any atom is 0.207 e. The smallest absolute Gasteiger partial charge is 0.207 e. The van der Waals surface area contributed by atoms with Gasteiger partial charge in [-0.3, -0.25) is 0 Å². The molecule has 0 saturated heterocycles. The fourth-order valence-electron chi connectivity index (χ4n) is 1.66. The molecule has 1 aromatic heterocycles. The van der Waals surface area contributed by atoms with Gasteiger partial charge in [-0.25, -0.2) is 4.98 Å². The Balaban J connectivity index is 2.37. The van der Waals surface area contributed by atoms with Crippen molar-refractivity contribution in [3.8, 4) is 5.75 Å². The lowest BCUT2D eigenvalue weighted by Crippen LogP contribution is -2.19. The average Bonchev–Trinajstić information content (AvgIpc) is 2.80. The van der Waals surface area contributed by atoms with Crippen LogP contribution in [0.15, 0.2) is 36.7 Å². The number of nitrogens with zero attached hydrogens (tertiary/aromatic N) is 2. The molecule has 0 aliphatic rings. The Morgan fingerprint density at radius 3 is 2.81 bits per heavy atom. The first-order valence-electron chi connectivity index (χ1n) is 5.38. The molecule has 1 heterocycles. The zero-order chi connectivity index (χ0) is 11.4. The van der Waals surface area contributed by atoms with Gasteiger partial charge in [0.2, 0.25) is 5.95 Å². The number of H-pyrrole nitrogens is 1. The molecular weight excluding hydrogens is 202 g/mol. The highest BCUT2D eigenvalue weighted by atomic mass is 16.3. The van der Waals surface area contributed by atoms with Crippen LogP contribution in [-0.2, 0) is 0 Å². The first kappa shape index (κ1) is 10.5. The molecule has 0 spiro atoms. The van der Waals surface area contributed by atoms with Crippen molar-refractivity contribution in [1.82, 2.24) is 9.97 Å². The van der Waals surface area contributed by atoms with E-state index in [1.54, 1.807) is 18.5 Å². The number of anilines is 2. The van der Waals surface area contributed by atoms with Crippen molar-refractivity contribution in [3.05, 3.63) is 36.7 Å². The van der Waals surface area contributed by atoms with Crippen molar-refractivity contribution in [3.63, 3.8) is 0 Å². The Labute approximate surface area is 94.6 Å². The number of para-hydroxylation sites is 2. The molecule has 4 nitrogen and oxygen atoms in total. The first-order chi connectivity index (χ1) is 7.83. The lowest BCUT2D eigenvalue weighted by molar-refractivity contribution is 0.475. The predicted octanol–water partition coefficient (Wildman–Crippen LogP) is 2.66. The van der Waals surface area contributed by atoms with Crippen molar-refractivity contribution in [1.29, 1.82) is 0 Å². The van der Waals surface area contributed by atoms with Gasteiger partial charge in [-0.15, -0.1) is 0 Å². The van der Waals surface area contributed by atoms with E-state index in [0.29, 0.717) is 0 Å². The van der Waals surface area contributed by atoms with Crippen molar-refractivity contribution >= 4 is 11.6 Å². The van der Waals surface area contributed by atoms with Gasteiger partial charge in [0.05, 0.1) is 5.69 Å². The molecular formula is C12H15N3O. The molecule has 0 bridgehead atoms. The summed E-state index contributed by atoms with van der Waals surface area (Å²) >= 11 is 0. The largest absolute Gasteiger partial charge is 0.506 e. The molecule has 0 saturated carbocycles. The third kappa shape index (κ3) is 2.00. The Hall–Kier alpha value is -1.97. The number of rotatable bonds is 4. The fraction of sp³-hybridized carbons (Fsp3) is 0.250. The maximum atomic E-state index is 9.82. The third-order valence-electron chi connectivity index (χ3n) is 2.36. The second-order valence-corrected chi connectivity index (χ2v) is 3.55. The number of imidazole rings is 1. The molecule has 1 aromatic carbocycles. The molecule has 2 rings (SSSR count). The van der Waals surface area contributed by atoms with Gasteiger partial charge in [0, 0.05) is 18.9 Å². The number of phenols is 1. The van der Waals surface area contributed by atoms with Gasteiger partial charge in [-0.2, -0.15) is 0 Å². The Morgan fingerprint density at radius 1 is 1.38 bits per heavy atom. The summed E-state index contributed by atoms with van der Waals surface area (Å²) in [5.41, 5.74) is 0.777. The molecule has 0 unspecified atom stereocenters. The second kappa shape index (κ2) is 4.70. The van der Waals surface area contributed by atoms with Crippen molar-refractivity contribution < 1.29 is 5.11 Å². The average molecular weight is 217 g/mol. The van der Waals surface area contributed by atoms with E-state index in [9.17, 15) is 5.11 Å². The van der Waals surface area contributed by atoms with Crippen LogP contribution < -0.4 is 4.90 Å². The van der Waals surface area contributed by atoms with Crippen LogP contribution in [0.3, 0.4) is 0 Å². The fourth-order valence-corrected chi connectivity index (χ4v) is 1.66. The second-order valence-electron chi connectivity index (χ2n) is 3.55. The van der Waals surface area contributed by atoms with Gasteiger partial charge in [-0.05, 0) is 18.6 Å². The van der Waals surface area contributed by atoms with E-state index in [2.05, 4.69) is 16.9 Å².